The van der Waals surface area contributed by atoms with Crippen molar-refractivity contribution >= 4 is 22.3 Å². The second kappa shape index (κ2) is 7.21. The van der Waals surface area contributed by atoms with Gasteiger partial charge in [-0.3, -0.25) is 4.99 Å². The highest BCUT2D eigenvalue weighted by molar-refractivity contribution is 7.14. The van der Waals surface area contributed by atoms with Crippen LogP contribution < -0.4 is 10.1 Å². The van der Waals surface area contributed by atoms with Crippen LogP contribution in [0.3, 0.4) is 0 Å². The Bertz CT molecular complexity index is 971. The van der Waals surface area contributed by atoms with Crippen molar-refractivity contribution in [2.24, 2.45) is 4.99 Å². The van der Waals surface area contributed by atoms with E-state index in [0.717, 1.165) is 48.0 Å². The summed E-state index contributed by atoms with van der Waals surface area (Å²) >= 11 is 1.47. The maximum absolute atomic E-state index is 13.9. The summed E-state index contributed by atoms with van der Waals surface area (Å²) < 4.78 is 32.7. The number of benzene rings is 2. The Morgan fingerprint density at radius 1 is 1.08 bits per heavy atom. The fourth-order valence-corrected chi connectivity index (χ4v) is 3.39. The van der Waals surface area contributed by atoms with Crippen LogP contribution in [0.25, 0.3) is 11.3 Å². The van der Waals surface area contributed by atoms with Crippen molar-refractivity contribution in [3.8, 4) is 22.8 Å². The largest absolute Gasteiger partial charge is 0.454 e. The van der Waals surface area contributed by atoms with E-state index in [1.807, 2.05) is 17.5 Å². The van der Waals surface area contributed by atoms with Crippen LogP contribution in [0.5, 0.6) is 11.5 Å². The van der Waals surface area contributed by atoms with Gasteiger partial charge in [0.25, 0.3) is 0 Å². The molecule has 132 valence electrons. The molecule has 0 spiro atoms. The van der Waals surface area contributed by atoms with E-state index in [4.69, 9.17) is 4.74 Å². The van der Waals surface area contributed by atoms with E-state index in [2.05, 4.69) is 15.3 Å². The highest BCUT2D eigenvalue weighted by Gasteiger charge is 2.14. The molecule has 1 aromatic heterocycles. The van der Waals surface area contributed by atoms with Crippen LogP contribution in [-0.4, -0.2) is 17.4 Å². The summed E-state index contributed by atoms with van der Waals surface area (Å²) in [6.45, 7) is 0.848. The van der Waals surface area contributed by atoms with Gasteiger partial charge in [-0.2, -0.15) is 0 Å². The molecule has 0 saturated carbocycles. The highest BCUT2D eigenvalue weighted by Crippen LogP contribution is 2.35. The summed E-state index contributed by atoms with van der Waals surface area (Å²) in [6.07, 6.45) is 1.99. The van der Waals surface area contributed by atoms with Gasteiger partial charge in [0.2, 0.25) is 0 Å². The minimum absolute atomic E-state index is 0.0345. The van der Waals surface area contributed by atoms with E-state index < -0.39 is 11.6 Å². The van der Waals surface area contributed by atoms with Gasteiger partial charge in [-0.05, 0) is 30.7 Å². The van der Waals surface area contributed by atoms with E-state index in [9.17, 15) is 8.78 Å². The number of hydrogen-bond acceptors (Lipinski definition) is 5. The molecule has 4 nitrogen and oxygen atoms in total. The van der Waals surface area contributed by atoms with E-state index in [-0.39, 0.29) is 5.75 Å². The summed E-state index contributed by atoms with van der Waals surface area (Å²) in [6, 6.07) is 10.5. The third-order valence-electron chi connectivity index (χ3n) is 3.91. The molecule has 0 unspecified atom stereocenters. The van der Waals surface area contributed by atoms with Gasteiger partial charge >= 0.3 is 0 Å². The van der Waals surface area contributed by atoms with Crippen LogP contribution >= 0.6 is 11.3 Å². The number of hydrogen-bond donors (Lipinski definition) is 1. The van der Waals surface area contributed by atoms with Gasteiger partial charge in [0.1, 0.15) is 17.4 Å². The topological polar surface area (TPSA) is 46.5 Å². The van der Waals surface area contributed by atoms with Gasteiger partial charge in [0, 0.05) is 30.0 Å². The fourth-order valence-electron chi connectivity index (χ4n) is 2.66. The molecule has 0 bridgehead atoms. The molecule has 1 N–H and O–H groups in total. The predicted octanol–water partition coefficient (Wildman–Crippen LogP) is 5.48. The number of rotatable bonds is 4. The van der Waals surface area contributed by atoms with Crippen molar-refractivity contribution in [2.75, 3.05) is 11.9 Å². The molecule has 3 aromatic rings. The van der Waals surface area contributed by atoms with E-state index in [0.29, 0.717) is 11.4 Å². The third kappa shape index (κ3) is 3.57. The molecule has 0 radical (unpaired) electrons. The second-order valence-electron chi connectivity index (χ2n) is 5.77. The van der Waals surface area contributed by atoms with Crippen LogP contribution in [0, 0.1) is 11.6 Å². The van der Waals surface area contributed by atoms with Crippen molar-refractivity contribution in [1.29, 1.82) is 0 Å². The average Bonchev–Trinajstić information content (AvgIpc) is 3.30. The molecule has 0 fully saturated rings. The lowest BCUT2D eigenvalue weighted by Gasteiger charge is -2.10. The lowest BCUT2D eigenvalue weighted by Crippen LogP contribution is -2.07. The number of ether oxygens (including phenoxy) is 1. The first-order valence-corrected chi connectivity index (χ1v) is 9.05. The lowest BCUT2D eigenvalue weighted by molar-refractivity contribution is 0.439. The smallest absolute Gasteiger partial charge is 0.188 e. The predicted molar refractivity (Wildman–Crippen MR) is 99.1 cm³/mol. The van der Waals surface area contributed by atoms with Gasteiger partial charge in [0.15, 0.2) is 16.7 Å². The van der Waals surface area contributed by atoms with Crippen LogP contribution in [0.2, 0.25) is 0 Å². The Balaban J connectivity index is 1.60. The first kappa shape index (κ1) is 16.7. The zero-order valence-electron chi connectivity index (χ0n) is 13.7. The minimum Gasteiger partial charge on any atom is -0.454 e. The second-order valence-corrected chi connectivity index (χ2v) is 6.63. The Morgan fingerprint density at radius 2 is 1.96 bits per heavy atom. The first-order valence-electron chi connectivity index (χ1n) is 8.17. The molecule has 2 heterocycles. The average molecular weight is 371 g/mol. The van der Waals surface area contributed by atoms with Crippen molar-refractivity contribution < 1.29 is 13.5 Å². The normalized spacial score (nSPS) is 13.5. The molecular weight excluding hydrogens is 356 g/mol. The summed E-state index contributed by atoms with van der Waals surface area (Å²) in [5.74, 6) is -0.0301. The molecule has 1 aliphatic heterocycles. The van der Waals surface area contributed by atoms with Crippen LogP contribution in [0.4, 0.5) is 13.9 Å². The standard InChI is InChI=1S/C19H15F2N3OS/c20-12-7-8-17(14(21)10-12)25-16-5-2-1-4-13(16)15-11-26-19(23-15)24-18-6-3-9-22-18/h1-2,4-5,7-8,10-11H,3,6,9H2,(H,22,23,24). The zero-order valence-corrected chi connectivity index (χ0v) is 14.5. The zero-order chi connectivity index (χ0) is 17.9. The monoisotopic (exact) mass is 371 g/mol. The number of aromatic nitrogens is 1. The summed E-state index contributed by atoms with van der Waals surface area (Å²) in [5.41, 5.74) is 1.45. The van der Waals surface area contributed by atoms with Crippen molar-refractivity contribution in [3.63, 3.8) is 0 Å². The maximum Gasteiger partial charge on any atom is 0.188 e. The SMILES string of the molecule is Fc1ccc(Oc2ccccc2-c2csc(NC3=NCCC3)n2)c(F)c1. The van der Waals surface area contributed by atoms with Gasteiger partial charge in [-0.25, -0.2) is 13.8 Å². The van der Waals surface area contributed by atoms with Gasteiger partial charge in [0.05, 0.1) is 5.69 Å². The number of anilines is 1. The molecule has 0 aliphatic carbocycles. The number of nitrogens with one attached hydrogen (secondary N) is 1. The van der Waals surface area contributed by atoms with E-state index in [1.165, 1.54) is 17.4 Å². The number of nitrogens with zero attached hydrogens (tertiary/aromatic N) is 2. The highest BCUT2D eigenvalue weighted by atomic mass is 32.1. The van der Waals surface area contributed by atoms with Gasteiger partial charge in [-0.1, -0.05) is 12.1 Å². The molecular formula is C19H15F2N3OS. The number of aliphatic imine (C=N–C) groups is 1. The number of para-hydroxylation sites is 1. The minimum atomic E-state index is -0.750. The summed E-state index contributed by atoms with van der Waals surface area (Å²) in [5, 5.41) is 5.89. The van der Waals surface area contributed by atoms with Crippen molar-refractivity contribution in [1.82, 2.24) is 4.98 Å². The third-order valence-corrected chi connectivity index (χ3v) is 4.66. The van der Waals surface area contributed by atoms with Gasteiger partial charge < -0.3 is 10.1 Å². The van der Waals surface area contributed by atoms with E-state index in [1.54, 1.807) is 12.1 Å². The maximum atomic E-state index is 13.9. The van der Waals surface area contributed by atoms with Crippen molar-refractivity contribution in [3.05, 3.63) is 59.5 Å². The lowest BCUT2D eigenvalue weighted by atomic mass is 10.1. The Kier molecular flexibility index (Phi) is 4.62. The summed E-state index contributed by atoms with van der Waals surface area (Å²) in [4.78, 5) is 8.95. The molecule has 26 heavy (non-hydrogen) atoms. The molecule has 4 rings (SSSR count). The number of amidine groups is 1. The number of thiazole rings is 1. The van der Waals surface area contributed by atoms with E-state index >= 15 is 0 Å². The number of halogens is 2. The fraction of sp³-hybridized carbons (Fsp3) is 0.158. The summed E-state index contributed by atoms with van der Waals surface area (Å²) in [7, 11) is 0. The Labute approximate surface area is 153 Å². The molecule has 0 atom stereocenters. The van der Waals surface area contributed by atoms with Crippen LogP contribution in [0.1, 0.15) is 12.8 Å². The first-order chi connectivity index (χ1) is 12.7. The van der Waals surface area contributed by atoms with Gasteiger partial charge in [-0.15, -0.1) is 11.3 Å². The van der Waals surface area contributed by atoms with Crippen LogP contribution in [0.15, 0.2) is 52.8 Å². The molecule has 0 amide bonds. The molecule has 0 saturated heterocycles. The molecule has 7 heteroatoms. The Morgan fingerprint density at radius 3 is 2.77 bits per heavy atom. The molecule has 2 aromatic carbocycles. The van der Waals surface area contributed by atoms with Crippen LogP contribution in [-0.2, 0) is 0 Å². The molecule has 1 aliphatic rings. The quantitative estimate of drug-likeness (QED) is 0.660. The van der Waals surface area contributed by atoms with Crippen molar-refractivity contribution in [2.45, 2.75) is 12.8 Å². The Hall–Kier alpha value is -2.80.